The van der Waals surface area contributed by atoms with Crippen molar-refractivity contribution in [2.45, 2.75) is 88.4 Å². The molecule has 1 aliphatic rings. The van der Waals surface area contributed by atoms with Crippen LogP contribution >= 0.6 is 8.53 Å². The molecule has 1 unspecified atom stereocenters. The van der Waals surface area contributed by atoms with Crippen LogP contribution in [0.4, 0.5) is 13.2 Å². The van der Waals surface area contributed by atoms with E-state index in [0.717, 1.165) is 16.8 Å². The number of hydrogen-bond donors (Lipinski definition) is 2. The van der Waals surface area contributed by atoms with Gasteiger partial charge in [0.15, 0.2) is 6.23 Å². The van der Waals surface area contributed by atoms with Gasteiger partial charge in [0.05, 0.1) is 26.9 Å². The Morgan fingerprint density at radius 2 is 1.50 bits per heavy atom. The molecular formula is C42H50F3N4O10P. The summed E-state index contributed by atoms with van der Waals surface area (Å²) in [5.41, 5.74) is -1.71. The Balaban J connectivity index is 1.65. The topological polar surface area (TPSA) is 167 Å². The first kappa shape index (κ1) is 46.4. The van der Waals surface area contributed by atoms with Crippen LogP contribution < -0.4 is 20.7 Å². The van der Waals surface area contributed by atoms with Gasteiger partial charge in [-0.25, -0.2) is 9.46 Å². The monoisotopic (exact) mass is 858 g/mol. The van der Waals surface area contributed by atoms with Crippen LogP contribution in [0.3, 0.4) is 0 Å². The second-order valence-electron chi connectivity index (χ2n) is 14.8. The Labute approximate surface area is 347 Å². The highest BCUT2D eigenvalue weighted by molar-refractivity contribution is 7.43. The third-order valence-corrected chi connectivity index (χ3v) is 11.8. The van der Waals surface area contributed by atoms with E-state index in [1.165, 1.54) is 0 Å². The summed E-state index contributed by atoms with van der Waals surface area (Å²) in [5.74, 6) is 1.18. The van der Waals surface area contributed by atoms with Gasteiger partial charge >= 0.3 is 11.9 Å². The maximum absolute atomic E-state index is 13.3. The van der Waals surface area contributed by atoms with E-state index in [0.29, 0.717) is 34.6 Å². The van der Waals surface area contributed by atoms with Gasteiger partial charge in [-0.3, -0.25) is 14.3 Å². The van der Waals surface area contributed by atoms with Crippen molar-refractivity contribution in [3.8, 4) is 17.6 Å². The number of aromatic nitrogens is 2. The van der Waals surface area contributed by atoms with Crippen molar-refractivity contribution in [3.05, 3.63) is 129 Å². The molecule has 5 atom stereocenters. The summed E-state index contributed by atoms with van der Waals surface area (Å²) in [6.07, 6.45) is -8.36. The Morgan fingerprint density at radius 3 is 2.02 bits per heavy atom. The zero-order valence-corrected chi connectivity index (χ0v) is 35.0. The summed E-state index contributed by atoms with van der Waals surface area (Å²) < 4.78 is 84.2. The molecule has 324 valence electrons. The lowest BCUT2D eigenvalue weighted by Crippen LogP contribution is -2.47. The number of rotatable bonds is 20. The number of alkyl halides is 3. The Kier molecular flexibility index (Phi) is 15.7. The second kappa shape index (κ2) is 20.3. The van der Waals surface area contributed by atoms with E-state index >= 15 is 0 Å². The molecule has 1 saturated heterocycles. The molecule has 0 amide bonds. The third kappa shape index (κ3) is 11.0. The van der Waals surface area contributed by atoms with Gasteiger partial charge in [0.25, 0.3) is 14.1 Å². The van der Waals surface area contributed by atoms with Crippen molar-refractivity contribution in [2.24, 2.45) is 0 Å². The molecular weight excluding hydrogens is 808 g/mol. The van der Waals surface area contributed by atoms with Crippen LogP contribution in [0.5, 0.6) is 11.5 Å². The van der Waals surface area contributed by atoms with Gasteiger partial charge in [-0.15, -0.1) is 0 Å². The van der Waals surface area contributed by atoms with Crippen molar-refractivity contribution >= 4 is 8.53 Å². The highest BCUT2D eigenvalue weighted by atomic mass is 31.2. The first-order chi connectivity index (χ1) is 28.5. The molecule has 14 nitrogen and oxygen atoms in total. The Hall–Kier alpha value is -4.63. The third-order valence-electron chi connectivity index (χ3n) is 10.0. The molecule has 5 rings (SSSR count). The number of H-pyrrole nitrogens is 1. The molecule has 18 heteroatoms. The summed E-state index contributed by atoms with van der Waals surface area (Å²) in [4.78, 5) is 39.6. The number of methoxy groups -OCH3 is 2. The van der Waals surface area contributed by atoms with Crippen molar-refractivity contribution in [1.29, 1.82) is 5.26 Å². The average molecular weight is 859 g/mol. The lowest BCUT2D eigenvalue weighted by molar-refractivity contribution is -0.211. The fraction of sp³-hybridized carbons (Fsp3) is 0.452. The van der Waals surface area contributed by atoms with Crippen LogP contribution in [0.1, 0.15) is 63.5 Å². The predicted octanol–water partition coefficient (Wildman–Crippen LogP) is 6.78. The van der Waals surface area contributed by atoms with E-state index in [2.05, 4.69) is 11.1 Å². The molecule has 1 fully saturated rings. The maximum Gasteiger partial charge on any atom is 0.411 e. The lowest BCUT2D eigenvalue weighted by Gasteiger charge is -2.43. The van der Waals surface area contributed by atoms with Gasteiger partial charge in [0.2, 0.25) is 0 Å². The number of hydrogen-bond acceptors (Lipinski definition) is 12. The van der Waals surface area contributed by atoms with Crippen LogP contribution in [0, 0.1) is 11.3 Å². The van der Waals surface area contributed by atoms with E-state index in [-0.39, 0.29) is 19.1 Å². The molecule has 4 aromatic rings. The number of benzene rings is 3. The zero-order chi connectivity index (χ0) is 43.7. The molecule has 0 bridgehead atoms. The normalized spacial score (nSPS) is 19.1. The summed E-state index contributed by atoms with van der Waals surface area (Å²) in [6.45, 7) is 4.52. The molecule has 0 radical (unpaired) electrons. The van der Waals surface area contributed by atoms with Crippen molar-refractivity contribution in [2.75, 3.05) is 34.2 Å². The van der Waals surface area contributed by atoms with E-state index in [4.69, 9.17) is 32.9 Å². The molecule has 3 aromatic carbocycles. The van der Waals surface area contributed by atoms with Crippen LogP contribution in [-0.2, 0) is 29.1 Å². The minimum Gasteiger partial charge on any atom is -0.497 e. The number of nitrogens with one attached hydrogen (secondary N) is 1. The molecule has 0 saturated carbocycles. The molecule has 0 aliphatic carbocycles. The smallest absolute Gasteiger partial charge is 0.411 e. The number of nitrogens with zero attached hydrogens (tertiary/aromatic N) is 3. The van der Waals surface area contributed by atoms with Crippen molar-refractivity contribution in [1.82, 2.24) is 14.2 Å². The van der Waals surface area contributed by atoms with Crippen LogP contribution in [0.15, 0.2) is 101 Å². The number of aromatic amines is 1. The standard InChI is InChI=1S/C42H50F3N4O10P/c1-28(2)49(40(3,4)22-10-23-46)60(52)59-36-34(58-38(48-24-21-35(50)47-39(48)51)37(36)56-27-55-26-41(43,44)45)25-57-42(29-11-8-7-9-12-29,30-13-17-32(53-5)18-14-30)31-15-19-33(54-6)20-16-31/h7-9,11-21,24,28,34,36-38,52H,10,22,25-27H2,1-6H3,(H,47,50,51)/t34-,36-,37-,38-,60?/m1/s1. The fourth-order valence-electron chi connectivity index (χ4n) is 7.33. The minimum absolute atomic E-state index is 0.181. The summed E-state index contributed by atoms with van der Waals surface area (Å²) >= 11 is 0. The molecule has 60 heavy (non-hydrogen) atoms. The zero-order valence-electron chi connectivity index (χ0n) is 34.1. The fourth-order valence-corrected chi connectivity index (χ4v) is 8.86. The highest BCUT2D eigenvalue weighted by Crippen LogP contribution is 2.50. The number of ether oxygens (including phenoxy) is 6. The molecule has 2 heterocycles. The van der Waals surface area contributed by atoms with Gasteiger partial charge in [-0.1, -0.05) is 54.6 Å². The SMILES string of the molecule is COc1ccc(C(OC[C@H]2O[C@@H](n3ccc(=O)[nH]c3=O)[C@H](OCOCC(F)(F)F)[C@@H]2OP(O)N(C(C)C)C(C)(C)CCC#N)(c2ccccc2)c2ccc(OC)cc2)cc1. The number of halogens is 3. The molecule has 2 N–H and O–H groups in total. The van der Waals surface area contributed by atoms with Crippen LogP contribution in [-0.4, -0.2) is 89.4 Å². The highest BCUT2D eigenvalue weighted by Gasteiger charge is 2.52. The summed E-state index contributed by atoms with van der Waals surface area (Å²) in [5, 5.41) is 9.39. The van der Waals surface area contributed by atoms with Crippen LogP contribution in [0.25, 0.3) is 0 Å². The first-order valence-electron chi connectivity index (χ1n) is 19.1. The molecule has 1 aromatic heterocycles. The molecule has 0 spiro atoms. The quantitative estimate of drug-likeness (QED) is 0.0415. The lowest BCUT2D eigenvalue weighted by atomic mass is 9.80. The molecule has 1 aliphatic heterocycles. The van der Waals surface area contributed by atoms with E-state index in [1.54, 1.807) is 43.2 Å². The Bertz CT molecular complexity index is 2080. The predicted molar refractivity (Wildman–Crippen MR) is 215 cm³/mol. The van der Waals surface area contributed by atoms with E-state index in [1.807, 2.05) is 82.3 Å². The van der Waals surface area contributed by atoms with E-state index < -0.39 is 75.0 Å². The average Bonchev–Trinajstić information content (AvgIpc) is 3.54. The second-order valence-corrected chi connectivity index (χ2v) is 16.0. The van der Waals surface area contributed by atoms with Gasteiger partial charge in [-0.05, 0) is 75.1 Å². The van der Waals surface area contributed by atoms with Gasteiger partial charge in [0, 0.05) is 30.3 Å². The van der Waals surface area contributed by atoms with Crippen molar-refractivity contribution < 1.29 is 51.0 Å². The largest absolute Gasteiger partial charge is 0.497 e. The van der Waals surface area contributed by atoms with Gasteiger partial charge < -0.3 is 37.8 Å². The number of nitriles is 1. The Morgan fingerprint density at radius 1 is 0.917 bits per heavy atom. The van der Waals surface area contributed by atoms with Gasteiger partial charge in [0.1, 0.15) is 48.8 Å². The first-order valence-corrected chi connectivity index (χ1v) is 20.2. The summed E-state index contributed by atoms with van der Waals surface area (Å²) in [6, 6.07) is 26.8. The minimum atomic E-state index is -4.67. The van der Waals surface area contributed by atoms with Crippen molar-refractivity contribution in [3.63, 3.8) is 0 Å². The van der Waals surface area contributed by atoms with Gasteiger partial charge in [-0.2, -0.15) is 18.4 Å². The van der Waals surface area contributed by atoms with Crippen LogP contribution in [0.2, 0.25) is 0 Å². The summed E-state index contributed by atoms with van der Waals surface area (Å²) in [7, 11) is 0.544. The maximum atomic E-state index is 13.3. The van der Waals surface area contributed by atoms with E-state index in [9.17, 15) is 32.9 Å².